The first-order valence-corrected chi connectivity index (χ1v) is 7.27. The van der Waals surface area contributed by atoms with Gasteiger partial charge in [0, 0.05) is 39.8 Å². The van der Waals surface area contributed by atoms with E-state index in [1.165, 1.54) is 0 Å². The summed E-state index contributed by atoms with van der Waals surface area (Å²) >= 11 is 0. The number of amidine groups is 1. The van der Waals surface area contributed by atoms with Crippen LogP contribution in [-0.4, -0.2) is 63.9 Å². The number of hydrogen-bond donors (Lipinski definition) is 3. The van der Waals surface area contributed by atoms with Gasteiger partial charge in [-0.05, 0) is 20.8 Å². The van der Waals surface area contributed by atoms with E-state index in [-0.39, 0.29) is 5.84 Å². The van der Waals surface area contributed by atoms with Crippen molar-refractivity contribution in [2.45, 2.75) is 26.4 Å². The maximum Gasteiger partial charge on any atom is 0.137 e. The summed E-state index contributed by atoms with van der Waals surface area (Å²) in [6.07, 6.45) is 0. The molecule has 0 bridgehead atoms. The normalized spacial score (nSPS) is 17.3. The molecule has 0 radical (unpaired) electrons. The lowest BCUT2D eigenvalue weighted by atomic mass is 10.1. The highest BCUT2D eigenvalue weighted by Crippen LogP contribution is 2.24. The van der Waals surface area contributed by atoms with E-state index >= 15 is 0 Å². The molecule has 1 aromatic rings. The van der Waals surface area contributed by atoms with Gasteiger partial charge in [-0.2, -0.15) is 5.10 Å². The van der Waals surface area contributed by atoms with E-state index < -0.39 is 5.60 Å². The van der Waals surface area contributed by atoms with Crippen LogP contribution in [0.2, 0.25) is 0 Å². The number of nitrogens with two attached hydrogens (primary N) is 1. The lowest BCUT2D eigenvalue weighted by Crippen LogP contribution is -2.51. The van der Waals surface area contributed by atoms with Gasteiger partial charge in [0.15, 0.2) is 0 Å². The lowest BCUT2D eigenvalue weighted by Gasteiger charge is -2.38. The average molecular weight is 294 g/mol. The van der Waals surface area contributed by atoms with Gasteiger partial charge in [-0.15, -0.1) is 0 Å². The molecule has 0 amide bonds. The summed E-state index contributed by atoms with van der Waals surface area (Å²) in [7, 11) is 1.89. The quantitative estimate of drug-likeness (QED) is 0.533. The van der Waals surface area contributed by atoms with E-state index in [0.29, 0.717) is 6.54 Å². The summed E-state index contributed by atoms with van der Waals surface area (Å²) in [5.74, 6) is 0.984. The second kappa shape index (κ2) is 5.65. The molecule has 4 N–H and O–H groups in total. The monoisotopic (exact) mass is 294 g/mol. The first-order chi connectivity index (χ1) is 9.69. The third-order valence-corrected chi connectivity index (χ3v) is 3.74. The Labute approximate surface area is 125 Å². The highest BCUT2D eigenvalue weighted by Gasteiger charge is 2.27. The fourth-order valence-corrected chi connectivity index (χ4v) is 2.99. The molecule has 0 atom stereocenters. The zero-order chi connectivity index (χ0) is 15.8. The summed E-state index contributed by atoms with van der Waals surface area (Å²) in [5, 5.41) is 22.1. The number of aryl methyl sites for hydroxylation is 2. The van der Waals surface area contributed by atoms with E-state index in [9.17, 15) is 5.11 Å². The predicted octanol–water partition coefficient (Wildman–Crippen LogP) is -0.0945. The zero-order valence-electron chi connectivity index (χ0n) is 13.3. The van der Waals surface area contributed by atoms with Crippen LogP contribution in [0.15, 0.2) is 0 Å². The van der Waals surface area contributed by atoms with Gasteiger partial charge in [0.1, 0.15) is 11.7 Å². The summed E-state index contributed by atoms with van der Waals surface area (Å²) in [5.41, 5.74) is 6.56. The lowest BCUT2D eigenvalue weighted by molar-refractivity contribution is 0.0344. The van der Waals surface area contributed by atoms with Crippen molar-refractivity contribution in [3.8, 4) is 0 Å². The van der Waals surface area contributed by atoms with E-state index in [4.69, 9.17) is 11.1 Å². The largest absolute Gasteiger partial charge is 0.389 e. The predicted molar refractivity (Wildman–Crippen MR) is 83.9 cm³/mol. The number of aliphatic hydroxyl groups is 1. The van der Waals surface area contributed by atoms with Crippen molar-refractivity contribution in [2.75, 3.05) is 37.6 Å². The van der Waals surface area contributed by atoms with E-state index in [0.717, 1.165) is 43.3 Å². The fourth-order valence-electron chi connectivity index (χ4n) is 2.99. The number of hydrogen-bond acceptors (Lipinski definition) is 5. The molecule has 0 aliphatic carbocycles. The molecule has 7 nitrogen and oxygen atoms in total. The van der Waals surface area contributed by atoms with Gasteiger partial charge < -0.3 is 15.7 Å². The Morgan fingerprint density at radius 2 is 1.90 bits per heavy atom. The summed E-state index contributed by atoms with van der Waals surface area (Å²) < 4.78 is 1.80. The Morgan fingerprint density at radius 1 is 1.33 bits per heavy atom. The Bertz CT molecular complexity index is 522. The second-order valence-electron chi connectivity index (χ2n) is 6.40. The van der Waals surface area contributed by atoms with Gasteiger partial charge in [-0.25, -0.2) is 0 Å². The Balaban J connectivity index is 2.11. The van der Waals surface area contributed by atoms with E-state index in [1.54, 1.807) is 4.68 Å². The molecule has 0 unspecified atom stereocenters. The number of rotatable bonds is 4. The van der Waals surface area contributed by atoms with E-state index in [2.05, 4.69) is 14.9 Å². The highest BCUT2D eigenvalue weighted by molar-refractivity contribution is 6.00. The third-order valence-electron chi connectivity index (χ3n) is 3.74. The van der Waals surface area contributed by atoms with Crippen molar-refractivity contribution in [1.82, 2.24) is 14.7 Å². The summed E-state index contributed by atoms with van der Waals surface area (Å²) in [4.78, 5) is 4.48. The number of nitrogen functional groups attached to an aromatic ring is 1. The van der Waals surface area contributed by atoms with Gasteiger partial charge in [0.05, 0.1) is 16.9 Å². The van der Waals surface area contributed by atoms with Crippen molar-refractivity contribution in [1.29, 1.82) is 5.41 Å². The van der Waals surface area contributed by atoms with Crippen molar-refractivity contribution < 1.29 is 5.11 Å². The molecule has 21 heavy (non-hydrogen) atoms. The van der Waals surface area contributed by atoms with Crippen LogP contribution in [0.4, 0.5) is 5.82 Å². The highest BCUT2D eigenvalue weighted by atomic mass is 16.3. The number of piperazine rings is 1. The summed E-state index contributed by atoms with van der Waals surface area (Å²) in [6, 6.07) is 0. The van der Waals surface area contributed by atoms with Crippen LogP contribution in [0.1, 0.15) is 25.1 Å². The fraction of sp³-hybridized carbons (Fsp3) is 0.714. The van der Waals surface area contributed by atoms with Crippen LogP contribution < -0.4 is 10.6 Å². The molecule has 7 heteroatoms. The molecule has 2 heterocycles. The maximum absolute atomic E-state index is 9.90. The first kappa shape index (κ1) is 15.8. The molecule has 1 aromatic heterocycles. The zero-order valence-corrected chi connectivity index (χ0v) is 13.3. The van der Waals surface area contributed by atoms with Crippen molar-refractivity contribution in [3.05, 3.63) is 11.3 Å². The molecule has 1 aliphatic rings. The number of nitrogens with zero attached hydrogens (tertiary/aromatic N) is 4. The van der Waals surface area contributed by atoms with Gasteiger partial charge >= 0.3 is 0 Å². The van der Waals surface area contributed by atoms with Crippen LogP contribution >= 0.6 is 0 Å². The molecule has 1 saturated heterocycles. The van der Waals surface area contributed by atoms with Crippen molar-refractivity contribution in [3.63, 3.8) is 0 Å². The molecule has 1 fully saturated rings. The van der Waals surface area contributed by atoms with Crippen molar-refractivity contribution >= 4 is 11.7 Å². The number of anilines is 1. The summed E-state index contributed by atoms with van der Waals surface area (Å²) in [6.45, 7) is 9.66. The molecular weight excluding hydrogens is 268 g/mol. The van der Waals surface area contributed by atoms with Gasteiger partial charge in [0.25, 0.3) is 0 Å². The third kappa shape index (κ3) is 3.54. The average Bonchev–Trinajstić information content (AvgIpc) is 2.63. The first-order valence-electron chi connectivity index (χ1n) is 7.27. The smallest absolute Gasteiger partial charge is 0.137 e. The van der Waals surface area contributed by atoms with Crippen molar-refractivity contribution in [2.24, 2.45) is 12.8 Å². The van der Waals surface area contributed by atoms with Crippen LogP contribution in [0.5, 0.6) is 0 Å². The topological polar surface area (TPSA) is 94.4 Å². The van der Waals surface area contributed by atoms with Gasteiger partial charge in [0.2, 0.25) is 0 Å². The molecule has 2 rings (SSSR count). The molecule has 0 spiro atoms. The molecule has 0 saturated carbocycles. The van der Waals surface area contributed by atoms with E-state index in [1.807, 2.05) is 27.8 Å². The molecule has 1 aliphatic heterocycles. The maximum atomic E-state index is 9.90. The number of nitrogens with one attached hydrogen (secondary N) is 1. The van der Waals surface area contributed by atoms with Crippen LogP contribution in [0.3, 0.4) is 0 Å². The minimum atomic E-state index is -0.671. The minimum absolute atomic E-state index is 0.0644. The second-order valence-corrected chi connectivity index (χ2v) is 6.40. The number of β-amino-alcohol motifs (C(OH)–C–C–N with tert-alkyl or cyclic N) is 1. The van der Waals surface area contributed by atoms with Gasteiger partial charge in [-0.1, -0.05) is 0 Å². The SMILES string of the molecule is Cc1nn(C)c(N2CCN(CC(C)(C)O)CC2)c1C(=N)N. The Kier molecular flexibility index (Phi) is 4.25. The standard InChI is InChI=1S/C14H26N6O/c1-10-11(12(15)16)13(18(4)17-10)20-7-5-19(6-8-20)9-14(2,3)21/h21H,5-9H2,1-4H3,(H3,15,16). The van der Waals surface area contributed by atoms with Gasteiger partial charge in [-0.3, -0.25) is 15.0 Å². The van der Waals surface area contributed by atoms with Crippen LogP contribution in [0.25, 0.3) is 0 Å². The molecule has 118 valence electrons. The molecular formula is C14H26N6O. The molecule has 0 aromatic carbocycles. The Hall–Kier alpha value is -1.60. The number of aromatic nitrogens is 2. The van der Waals surface area contributed by atoms with Crippen LogP contribution in [0, 0.1) is 12.3 Å². The Morgan fingerprint density at radius 3 is 2.38 bits per heavy atom. The van der Waals surface area contributed by atoms with Crippen LogP contribution in [-0.2, 0) is 7.05 Å². The minimum Gasteiger partial charge on any atom is -0.389 e.